The molecule has 7 heteroatoms. The van der Waals surface area contributed by atoms with Crippen molar-refractivity contribution in [1.29, 1.82) is 0 Å². The lowest BCUT2D eigenvalue weighted by atomic mass is 10.1. The Morgan fingerprint density at radius 1 is 1.67 bits per heavy atom. The molecule has 0 aliphatic rings. The lowest BCUT2D eigenvalue weighted by Gasteiger charge is -2.08. The van der Waals surface area contributed by atoms with E-state index in [-0.39, 0.29) is 14.5 Å². The Bertz CT molecular complexity index is 400. The van der Waals surface area contributed by atoms with Gasteiger partial charge in [-0.1, -0.05) is 15.9 Å². The van der Waals surface area contributed by atoms with Crippen LogP contribution < -0.4 is 0 Å². The average molecular weight is 392 g/mol. The molecule has 82 valence electrons. The predicted octanol–water partition coefficient (Wildman–Crippen LogP) is 3.22. The van der Waals surface area contributed by atoms with E-state index in [1.165, 1.54) is 0 Å². The van der Waals surface area contributed by atoms with Gasteiger partial charge in [0, 0.05) is 11.5 Å². The second-order valence-corrected chi connectivity index (χ2v) is 4.24. The van der Waals surface area contributed by atoms with Gasteiger partial charge in [0.15, 0.2) is 0 Å². The minimum absolute atomic E-state index is 0.00736. The fourth-order valence-electron chi connectivity index (χ4n) is 1.02. The smallest absolute Gasteiger partial charge is 0.337 e. The Balaban J connectivity index is 3.42. The van der Waals surface area contributed by atoms with Gasteiger partial charge >= 0.3 is 5.97 Å². The van der Waals surface area contributed by atoms with Gasteiger partial charge in [-0.15, -0.1) is 0 Å². The molecule has 15 heavy (non-hydrogen) atoms. The molecule has 1 N–H and O–H groups in total. The summed E-state index contributed by atoms with van der Waals surface area (Å²) in [6, 6.07) is 0. The van der Waals surface area contributed by atoms with Crippen LogP contribution in [0.25, 0.3) is 0 Å². The average Bonchev–Trinajstić information content (AvgIpc) is 2.15. The van der Waals surface area contributed by atoms with Crippen molar-refractivity contribution in [3.8, 4) is 0 Å². The molecular weight excluding hydrogens is 387 g/mol. The van der Waals surface area contributed by atoms with Crippen LogP contribution in [0.2, 0.25) is 0 Å². The van der Waals surface area contributed by atoms with E-state index in [1.807, 2.05) is 0 Å². The molecule has 0 aliphatic carbocycles. The highest BCUT2D eigenvalue weighted by Crippen LogP contribution is 2.27. The van der Waals surface area contributed by atoms with E-state index >= 15 is 0 Å². The summed E-state index contributed by atoms with van der Waals surface area (Å²) < 4.78 is 24.9. The van der Waals surface area contributed by atoms with Crippen molar-refractivity contribution in [3.05, 3.63) is 26.6 Å². The molecule has 0 aliphatic heterocycles. The van der Waals surface area contributed by atoms with Crippen molar-refractivity contribution in [1.82, 2.24) is 4.98 Å². The molecule has 1 aromatic rings. The number of carboxylic acids is 1. The highest BCUT2D eigenvalue weighted by Gasteiger charge is 2.22. The second kappa shape index (κ2) is 5.15. The van der Waals surface area contributed by atoms with Crippen molar-refractivity contribution in [3.63, 3.8) is 0 Å². The lowest BCUT2D eigenvalue weighted by Crippen LogP contribution is -2.09. The number of hydrogen-bond donors (Lipinski definition) is 1. The molecule has 0 atom stereocenters. The molecule has 0 aromatic carbocycles. The zero-order valence-electron chi connectivity index (χ0n) is 7.18. The topological polar surface area (TPSA) is 50.2 Å². The molecule has 1 rings (SSSR count). The summed E-state index contributed by atoms with van der Waals surface area (Å²) in [5.41, 5.74) is -0.216. The maximum atomic E-state index is 12.4. The molecular formula is C8H5BrF2INO2. The van der Waals surface area contributed by atoms with E-state index < -0.39 is 18.1 Å². The molecule has 0 radical (unpaired) electrons. The molecule has 1 heterocycles. The number of pyridine rings is 1. The number of aromatic nitrogens is 1. The van der Waals surface area contributed by atoms with E-state index in [9.17, 15) is 13.6 Å². The monoisotopic (exact) mass is 391 g/mol. The highest BCUT2D eigenvalue weighted by atomic mass is 127. The first-order valence-electron chi connectivity index (χ1n) is 3.73. The Morgan fingerprint density at radius 3 is 2.67 bits per heavy atom. The summed E-state index contributed by atoms with van der Waals surface area (Å²) in [4.78, 5) is 14.4. The number of nitrogens with zero attached hydrogens (tertiary/aromatic N) is 1. The first-order valence-corrected chi connectivity index (χ1v) is 5.93. The van der Waals surface area contributed by atoms with Gasteiger partial charge in [0.2, 0.25) is 0 Å². The van der Waals surface area contributed by atoms with Crippen molar-refractivity contribution in [2.45, 2.75) is 11.8 Å². The van der Waals surface area contributed by atoms with Crippen LogP contribution in [0.15, 0.2) is 6.20 Å². The van der Waals surface area contributed by atoms with Gasteiger partial charge in [0.25, 0.3) is 6.43 Å². The van der Waals surface area contributed by atoms with Gasteiger partial charge in [-0.25, -0.2) is 13.6 Å². The zero-order valence-corrected chi connectivity index (χ0v) is 10.9. The first-order chi connectivity index (χ1) is 6.99. The fraction of sp³-hybridized carbons (Fsp3) is 0.250. The van der Waals surface area contributed by atoms with Crippen molar-refractivity contribution >= 4 is 44.5 Å². The molecule has 0 spiro atoms. The normalized spacial score (nSPS) is 10.7. The van der Waals surface area contributed by atoms with Crippen LogP contribution in [-0.4, -0.2) is 16.1 Å². The number of hydrogen-bond acceptors (Lipinski definition) is 2. The lowest BCUT2D eigenvalue weighted by molar-refractivity contribution is 0.0694. The van der Waals surface area contributed by atoms with Gasteiger partial charge in [0.1, 0.15) is 5.69 Å². The molecule has 3 nitrogen and oxygen atoms in total. The minimum atomic E-state index is -2.76. The molecule has 0 saturated heterocycles. The van der Waals surface area contributed by atoms with Crippen LogP contribution in [0.5, 0.6) is 0 Å². The van der Waals surface area contributed by atoms with Gasteiger partial charge in [-0.05, 0) is 28.2 Å². The summed E-state index contributed by atoms with van der Waals surface area (Å²) in [5, 5.41) is 9.15. The third-order valence-electron chi connectivity index (χ3n) is 1.69. The van der Waals surface area contributed by atoms with Crippen molar-refractivity contribution in [2.75, 3.05) is 0 Å². The Labute approximate surface area is 106 Å². The van der Waals surface area contributed by atoms with Crippen LogP contribution >= 0.6 is 38.5 Å². The maximum absolute atomic E-state index is 12.4. The Morgan fingerprint density at radius 2 is 2.27 bits per heavy atom. The second-order valence-electron chi connectivity index (χ2n) is 2.60. The molecule has 1 aromatic heterocycles. The summed E-state index contributed by atoms with van der Waals surface area (Å²) in [5.74, 6) is -1.22. The van der Waals surface area contributed by atoms with E-state index in [0.29, 0.717) is 5.56 Å². The molecule has 0 fully saturated rings. The van der Waals surface area contributed by atoms with Crippen LogP contribution in [0, 0.1) is 3.57 Å². The highest BCUT2D eigenvalue weighted by molar-refractivity contribution is 14.1. The number of carbonyl (C=O) groups is 1. The van der Waals surface area contributed by atoms with Crippen LogP contribution in [0.4, 0.5) is 8.78 Å². The summed E-state index contributed by atoms with van der Waals surface area (Å²) >= 11 is 4.65. The third-order valence-corrected chi connectivity index (χ3v) is 3.39. The Hall–Kier alpha value is -0.310. The van der Waals surface area contributed by atoms with E-state index in [0.717, 1.165) is 6.20 Å². The molecule has 0 unspecified atom stereocenters. The predicted molar refractivity (Wildman–Crippen MR) is 61.5 cm³/mol. The van der Waals surface area contributed by atoms with Crippen LogP contribution in [0.3, 0.4) is 0 Å². The van der Waals surface area contributed by atoms with E-state index in [4.69, 9.17) is 5.11 Å². The van der Waals surface area contributed by atoms with Crippen LogP contribution in [0.1, 0.15) is 28.0 Å². The van der Waals surface area contributed by atoms with Crippen molar-refractivity contribution < 1.29 is 18.7 Å². The van der Waals surface area contributed by atoms with Crippen LogP contribution in [-0.2, 0) is 5.33 Å². The van der Waals surface area contributed by atoms with Gasteiger partial charge in [-0.2, -0.15) is 0 Å². The quantitative estimate of drug-likeness (QED) is 0.635. The number of alkyl halides is 3. The number of halogens is 4. The number of carboxylic acid groups (broad SMARTS) is 1. The summed E-state index contributed by atoms with van der Waals surface area (Å²) in [6.45, 7) is 0. The van der Waals surface area contributed by atoms with Gasteiger partial charge < -0.3 is 5.11 Å². The minimum Gasteiger partial charge on any atom is -0.478 e. The standard InChI is InChI=1S/C8H5BrF2INO2/c9-1-3-2-13-6(7(10)11)5(12)4(3)8(14)15/h2,7H,1H2,(H,14,15). The van der Waals surface area contributed by atoms with Crippen molar-refractivity contribution in [2.24, 2.45) is 0 Å². The third kappa shape index (κ3) is 2.63. The zero-order chi connectivity index (χ0) is 11.6. The number of rotatable bonds is 3. The maximum Gasteiger partial charge on any atom is 0.337 e. The number of aromatic carboxylic acids is 1. The Kier molecular flexibility index (Phi) is 4.38. The summed E-state index contributed by atoms with van der Waals surface area (Å²) in [6.07, 6.45) is -1.61. The first kappa shape index (κ1) is 12.8. The fourth-order valence-corrected chi connectivity index (χ4v) is 2.40. The summed E-state index contributed by atoms with van der Waals surface area (Å²) in [7, 11) is 0. The molecule has 0 amide bonds. The SMILES string of the molecule is O=C(O)c1c(CBr)cnc(C(F)F)c1I. The van der Waals surface area contributed by atoms with E-state index in [1.54, 1.807) is 22.6 Å². The largest absolute Gasteiger partial charge is 0.478 e. The van der Waals surface area contributed by atoms with E-state index in [2.05, 4.69) is 20.9 Å². The molecule has 0 saturated carbocycles. The molecule has 0 bridgehead atoms. The van der Waals surface area contributed by atoms with Gasteiger partial charge in [0.05, 0.1) is 9.13 Å². The van der Waals surface area contributed by atoms with Gasteiger partial charge in [-0.3, -0.25) is 4.98 Å².